The molecule has 1 N–H and O–H groups in total. The van der Waals surface area contributed by atoms with Gasteiger partial charge in [0.2, 0.25) is 0 Å². The molecule has 2 nitrogen and oxygen atoms in total. The van der Waals surface area contributed by atoms with Crippen molar-refractivity contribution in [2.75, 3.05) is 6.61 Å². The molecule has 3 atom stereocenters. The second-order valence-electron chi connectivity index (χ2n) is 8.16. The first-order valence-corrected chi connectivity index (χ1v) is 7.39. The van der Waals surface area contributed by atoms with Gasteiger partial charge in [-0.1, -0.05) is 41.5 Å². The molecule has 108 valence electrons. The van der Waals surface area contributed by atoms with Gasteiger partial charge in [-0.25, -0.2) is 0 Å². The summed E-state index contributed by atoms with van der Waals surface area (Å²) in [5, 5.41) is 10.1. The smallest absolute Gasteiger partial charge is 0.0836 e. The van der Waals surface area contributed by atoms with Gasteiger partial charge in [-0.15, -0.1) is 0 Å². The van der Waals surface area contributed by atoms with E-state index in [1.807, 2.05) is 0 Å². The fourth-order valence-electron chi connectivity index (χ4n) is 2.60. The molecule has 0 spiro atoms. The number of hydrogen-bond acceptors (Lipinski definition) is 2. The number of ether oxygens (including phenoxy) is 1. The minimum Gasteiger partial charge on any atom is -0.390 e. The summed E-state index contributed by atoms with van der Waals surface area (Å²) in [5.41, 5.74) is 0.634. The van der Waals surface area contributed by atoms with Crippen molar-refractivity contribution in [3.63, 3.8) is 0 Å². The minimum atomic E-state index is -0.261. The van der Waals surface area contributed by atoms with E-state index >= 15 is 0 Å². The summed E-state index contributed by atoms with van der Waals surface area (Å²) in [6.45, 7) is 14.3. The highest BCUT2D eigenvalue weighted by Crippen LogP contribution is 2.39. The lowest BCUT2D eigenvalue weighted by molar-refractivity contribution is -0.0879. The Morgan fingerprint density at radius 1 is 1.06 bits per heavy atom. The average Bonchev–Trinajstić information content (AvgIpc) is 2.17. The number of aliphatic hydroxyl groups is 1. The van der Waals surface area contributed by atoms with Crippen molar-refractivity contribution >= 4 is 0 Å². The Bertz CT molecular complexity index is 247. The van der Waals surface area contributed by atoms with Gasteiger partial charge in [-0.05, 0) is 42.4 Å². The van der Waals surface area contributed by atoms with Crippen LogP contribution in [0.3, 0.4) is 0 Å². The highest BCUT2D eigenvalue weighted by atomic mass is 16.5. The molecule has 18 heavy (non-hydrogen) atoms. The predicted molar refractivity (Wildman–Crippen MR) is 76.6 cm³/mol. The van der Waals surface area contributed by atoms with E-state index in [1.54, 1.807) is 0 Å². The van der Waals surface area contributed by atoms with Gasteiger partial charge in [0.05, 0.1) is 12.2 Å². The summed E-state index contributed by atoms with van der Waals surface area (Å²) in [6.07, 6.45) is 3.87. The monoisotopic (exact) mass is 256 g/mol. The van der Waals surface area contributed by atoms with Gasteiger partial charge < -0.3 is 9.84 Å². The van der Waals surface area contributed by atoms with Crippen LogP contribution in [0.5, 0.6) is 0 Å². The molecule has 0 aromatic rings. The maximum atomic E-state index is 10.1. The first kappa shape index (κ1) is 16.0. The lowest BCUT2D eigenvalue weighted by Crippen LogP contribution is -2.40. The molecule has 0 aromatic heterocycles. The molecule has 1 saturated carbocycles. The van der Waals surface area contributed by atoms with Gasteiger partial charge in [0.25, 0.3) is 0 Å². The molecular formula is C16H32O2. The largest absolute Gasteiger partial charge is 0.390 e. The molecule has 2 heteroatoms. The van der Waals surface area contributed by atoms with Crippen molar-refractivity contribution in [2.24, 2.45) is 16.7 Å². The second-order valence-corrected chi connectivity index (χ2v) is 8.16. The minimum absolute atomic E-state index is 0.0466. The van der Waals surface area contributed by atoms with Crippen LogP contribution in [-0.4, -0.2) is 23.9 Å². The summed E-state index contributed by atoms with van der Waals surface area (Å²) in [4.78, 5) is 0. The Kier molecular flexibility index (Phi) is 5.25. The summed E-state index contributed by atoms with van der Waals surface area (Å²) < 4.78 is 5.95. The van der Waals surface area contributed by atoms with E-state index in [2.05, 4.69) is 41.5 Å². The van der Waals surface area contributed by atoms with Gasteiger partial charge in [0, 0.05) is 6.61 Å². The molecule has 1 aliphatic carbocycles. The van der Waals surface area contributed by atoms with E-state index in [1.165, 1.54) is 0 Å². The Balaban J connectivity index is 2.43. The van der Waals surface area contributed by atoms with Gasteiger partial charge in [-0.2, -0.15) is 0 Å². The van der Waals surface area contributed by atoms with Crippen LogP contribution in [0, 0.1) is 16.7 Å². The quantitative estimate of drug-likeness (QED) is 0.826. The highest BCUT2D eigenvalue weighted by Gasteiger charge is 2.35. The van der Waals surface area contributed by atoms with E-state index in [9.17, 15) is 5.11 Å². The number of hydrogen-bond donors (Lipinski definition) is 1. The zero-order chi connectivity index (χ0) is 14.0. The highest BCUT2D eigenvalue weighted by molar-refractivity contribution is 4.86. The van der Waals surface area contributed by atoms with Crippen molar-refractivity contribution in [1.82, 2.24) is 0 Å². The maximum absolute atomic E-state index is 10.1. The zero-order valence-corrected chi connectivity index (χ0v) is 13.1. The lowest BCUT2D eigenvalue weighted by atomic mass is 9.71. The molecule has 0 radical (unpaired) electrons. The Hall–Kier alpha value is -0.0800. The molecular weight excluding hydrogens is 224 g/mol. The molecule has 1 rings (SSSR count). The van der Waals surface area contributed by atoms with Crippen LogP contribution in [0.15, 0.2) is 0 Å². The van der Waals surface area contributed by atoms with E-state index in [-0.39, 0.29) is 12.2 Å². The first-order chi connectivity index (χ1) is 8.09. The Morgan fingerprint density at radius 3 is 2.17 bits per heavy atom. The molecule has 0 bridgehead atoms. The van der Waals surface area contributed by atoms with Crippen LogP contribution in [0.1, 0.15) is 67.2 Å². The molecule has 0 amide bonds. The van der Waals surface area contributed by atoms with Gasteiger partial charge in [0.1, 0.15) is 0 Å². The standard InChI is InChI=1S/C16H32O2/c1-15(2,3)9-10-18-14-11-12(16(4,5)6)7-8-13(14)17/h12-14,17H,7-11H2,1-6H3. The predicted octanol–water partition coefficient (Wildman–Crippen LogP) is 4.01. The average molecular weight is 256 g/mol. The van der Waals surface area contributed by atoms with Crippen LogP contribution >= 0.6 is 0 Å². The molecule has 0 heterocycles. The van der Waals surface area contributed by atoms with Crippen LogP contribution < -0.4 is 0 Å². The summed E-state index contributed by atoms with van der Waals surface area (Å²) >= 11 is 0. The topological polar surface area (TPSA) is 29.5 Å². The molecule has 1 fully saturated rings. The zero-order valence-electron chi connectivity index (χ0n) is 13.1. The van der Waals surface area contributed by atoms with E-state index in [0.717, 1.165) is 32.3 Å². The third kappa shape index (κ3) is 5.27. The second kappa shape index (κ2) is 5.92. The summed E-state index contributed by atoms with van der Waals surface area (Å²) in [6, 6.07) is 0. The van der Waals surface area contributed by atoms with Crippen LogP contribution in [-0.2, 0) is 4.74 Å². The van der Waals surface area contributed by atoms with Crippen LogP contribution in [0.25, 0.3) is 0 Å². The van der Waals surface area contributed by atoms with Crippen molar-refractivity contribution in [3.05, 3.63) is 0 Å². The van der Waals surface area contributed by atoms with Gasteiger partial charge in [0.15, 0.2) is 0 Å². The van der Waals surface area contributed by atoms with Crippen molar-refractivity contribution < 1.29 is 9.84 Å². The SMILES string of the molecule is CC(C)(C)CCOC1CC(C(C)(C)C)CCC1O. The van der Waals surface area contributed by atoms with Crippen LogP contribution in [0.4, 0.5) is 0 Å². The van der Waals surface area contributed by atoms with Crippen molar-refractivity contribution in [3.8, 4) is 0 Å². The van der Waals surface area contributed by atoms with E-state index in [4.69, 9.17) is 4.74 Å². The van der Waals surface area contributed by atoms with Gasteiger partial charge in [-0.3, -0.25) is 0 Å². The summed E-state index contributed by atoms with van der Waals surface area (Å²) in [7, 11) is 0. The van der Waals surface area contributed by atoms with Gasteiger partial charge >= 0.3 is 0 Å². The normalized spacial score (nSPS) is 30.5. The fourth-order valence-corrected chi connectivity index (χ4v) is 2.60. The van der Waals surface area contributed by atoms with Crippen LogP contribution in [0.2, 0.25) is 0 Å². The lowest BCUT2D eigenvalue weighted by Gasteiger charge is -2.40. The summed E-state index contributed by atoms with van der Waals surface area (Å²) in [5.74, 6) is 0.667. The maximum Gasteiger partial charge on any atom is 0.0836 e. The Morgan fingerprint density at radius 2 is 1.67 bits per heavy atom. The number of aliphatic hydroxyl groups excluding tert-OH is 1. The third-order valence-electron chi connectivity index (χ3n) is 4.17. The molecule has 3 unspecified atom stereocenters. The third-order valence-corrected chi connectivity index (χ3v) is 4.17. The molecule has 0 saturated heterocycles. The first-order valence-electron chi connectivity index (χ1n) is 7.39. The number of rotatable bonds is 3. The molecule has 0 aromatic carbocycles. The Labute approximate surface area is 113 Å². The van der Waals surface area contributed by atoms with E-state index < -0.39 is 0 Å². The van der Waals surface area contributed by atoms with Crippen molar-refractivity contribution in [1.29, 1.82) is 0 Å². The molecule has 1 aliphatic rings. The molecule has 0 aliphatic heterocycles. The fraction of sp³-hybridized carbons (Fsp3) is 1.00. The van der Waals surface area contributed by atoms with Crippen molar-refractivity contribution in [2.45, 2.75) is 79.4 Å². The van der Waals surface area contributed by atoms with E-state index in [0.29, 0.717) is 16.7 Å².